The van der Waals surface area contributed by atoms with Gasteiger partial charge < -0.3 is 15.4 Å². The molecule has 0 spiro atoms. The van der Waals surface area contributed by atoms with E-state index in [1.54, 1.807) is 35.2 Å². The Kier molecular flexibility index (Phi) is 4.57. The zero-order valence-corrected chi connectivity index (χ0v) is 12.7. The number of nitrogens with zero attached hydrogens (tertiary/aromatic N) is 1. The maximum absolute atomic E-state index is 13.9. The van der Waals surface area contributed by atoms with Crippen molar-refractivity contribution in [1.82, 2.24) is 4.90 Å². The molecule has 2 aromatic rings. The predicted octanol–water partition coefficient (Wildman–Crippen LogP) is 2.55. The van der Waals surface area contributed by atoms with E-state index in [1.165, 1.54) is 6.07 Å². The smallest absolute Gasteiger partial charge is 0.227 e. The number of anilines is 1. The van der Waals surface area contributed by atoms with Crippen LogP contribution in [0.25, 0.3) is 0 Å². The van der Waals surface area contributed by atoms with Crippen molar-refractivity contribution in [2.45, 2.75) is 12.5 Å². The van der Waals surface area contributed by atoms with Crippen molar-refractivity contribution in [1.29, 1.82) is 0 Å². The number of hydrogen-bond donors (Lipinski definition) is 1. The molecule has 3 rings (SSSR count). The molecule has 0 saturated carbocycles. The molecule has 1 heterocycles. The molecule has 2 N–H and O–H groups in total. The number of amides is 1. The van der Waals surface area contributed by atoms with Gasteiger partial charge in [0.1, 0.15) is 11.9 Å². The highest BCUT2D eigenvalue weighted by Crippen LogP contribution is 2.24. The second-order valence-electron chi connectivity index (χ2n) is 5.64. The van der Waals surface area contributed by atoms with Gasteiger partial charge in [-0.1, -0.05) is 30.3 Å². The Balaban J connectivity index is 1.67. The highest BCUT2D eigenvalue weighted by molar-refractivity contribution is 5.79. The van der Waals surface area contributed by atoms with Crippen molar-refractivity contribution in [2.75, 3.05) is 25.4 Å². The van der Waals surface area contributed by atoms with Crippen molar-refractivity contribution in [3.05, 3.63) is 65.5 Å². The summed E-state index contributed by atoms with van der Waals surface area (Å²) in [6, 6.07) is 13.8. The highest BCUT2D eigenvalue weighted by Gasteiger charge is 2.26. The molecule has 120 valence electrons. The average molecular weight is 314 g/mol. The third-order valence-corrected chi connectivity index (χ3v) is 4.01. The van der Waals surface area contributed by atoms with Crippen LogP contribution in [0.15, 0.2) is 48.5 Å². The summed E-state index contributed by atoms with van der Waals surface area (Å²) in [6.45, 7) is 1.31. The maximum Gasteiger partial charge on any atom is 0.227 e. The predicted molar refractivity (Wildman–Crippen MR) is 86.2 cm³/mol. The van der Waals surface area contributed by atoms with E-state index >= 15 is 0 Å². The lowest BCUT2D eigenvalue weighted by atomic mass is 10.1. The first-order valence-electron chi connectivity index (χ1n) is 7.61. The summed E-state index contributed by atoms with van der Waals surface area (Å²) in [7, 11) is 0. The molecule has 1 aliphatic rings. The van der Waals surface area contributed by atoms with Crippen LogP contribution in [0, 0.1) is 5.82 Å². The van der Waals surface area contributed by atoms with Crippen molar-refractivity contribution < 1.29 is 13.9 Å². The summed E-state index contributed by atoms with van der Waals surface area (Å²) in [6.07, 6.45) is -0.107. The minimum Gasteiger partial charge on any atom is -0.399 e. The van der Waals surface area contributed by atoms with E-state index in [2.05, 4.69) is 0 Å². The quantitative estimate of drug-likeness (QED) is 0.886. The number of nitrogens with two attached hydrogens (primary N) is 1. The number of halogens is 1. The van der Waals surface area contributed by atoms with Gasteiger partial charge in [-0.3, -0.25) is 4.79 Å². The fourth-order valence-corrected chi connectivity index (χ4v) is 2.72. The maximum atomic E-state index is 13.9. The number of hydrogen-bond acceptors (Lipinski definition) is 3. The van der Waals surface area contributed by atoms with Crippen LogP contribution in [0.3, 0.4) is 0 Å². The summed E-state index contributed by atoms with van der Waals surface area (Å²) in [5.74, 6) is -0.287. The molecule has 0 aromatic heterocycles. The molecule has 2 aromatic carbocycles. The van der Waals surface area contributed by atoms with Crippen molar-refractivity contribution in [3.8, 4) is 0 Å². The first kappa shape index (κ1) is 15.5. The molecule has 23 heavy (non-hydrogen) atoms. The summed E-state index contributed by atoms with van der Waals surface area (Å²) in [5, 5.41) is 0. The number of morpholine rings is 1. The van der Waals surface area contributed by atoms with Gasteiger partial charge >= 0.3 is 0 Å². The van der Waals surface area contributed by atoms with Crippen molar-refractivity contribution in [3.63, 3.8) is 0 Å². The van der Waals surface area contributed by atoms with Gasteiger partial charge in [0.25, 0.3) is 0 Å². The molecular formula is C18H19FN2O2. The molecule has 4 nitrogen and oxygen atoms in total. The SMILES string of the molecule is Nc1ccc(CC(=O)N2CCOC(c3ccccc3F)C2)cc1. The van der Waals surface area contributed by atoms with E-state index in [0.29, 0.717) is 37.4 Å². The molecule has 0 radical (unpaired) electrons. The van der Waals surface area contributed by atoms with Crippen LogP contribution < -0.4 is 5.73 Å². The van der Waals surface area contributed by atoms with Gasteiger partial charge in [-0.15, -0.1) is 0 Å². The van der Waals surface area contributed by atoms with E-state index < -0.39 is 6.10 Å². The molecule has 5 heteroatoms. The number of carbonyl (C=O) groups is 1. The zero-order valence-electron chi connectivity index (χ0n) is 12.7. The average Bonchev–Trinajstić information content (AvgIpc) is 2.57. The second kappa shape index (κ2) is 6.79. The lowest BCUT2D eigenvalue weighted by molar-refractivity contribution is -0.138. The summed E-state index contributed by atoms with van der Waals surface area (Å²) < 4.78 is 19.5. The first-order valence-corrected chi connectivity index (χ1v) is 7.61. The molecule has 0 aliphatic carbocycles. The van der Waals surface area contributed by atoms with Gasteiger partial charge in [-0.25, -0.2) is 4.39 Å². The zero-order chi connectivity index (χ0) is 16.2. The number of nitrogen functional groups attached to an aromatic ring is 1. The molecule has 1 aliphatic heterocycles. The number of ether oxygens (including phenoxy) is 1. The van der Waals surface area contributed by atoms with E-state index in [9.17, 15) is 9.18 Å². The lowest BCUT2D eigenvalue weighted by Crippen LogP contribution is -2.43. The van der Waals surface area contributed by atoms with Gasteiger partial charge in [0.05, 0.1) is 19.6 Å². The number of carbonyl (C=O) groups excluding carboxylic acids is 1. The number of benzene rings is 2. The van der Waals surface area contributed by atoms with Crippen LogP contribution >= 0.6 is 0 Å². The van der Waals surface area contributed by atoms with Crippen molar-refractivity contribution >= 4 is 11.6 Å². The summed E-state index contributed by atoms with van der Waals surface area (Å²) in [5.41, 5.74) is 7.74. The van der Waals surface area contributed by atoms with Crippen LogP contribution in [0.2, 0.25) is 0 Å². The van der Waals surface area contributed by atoms with Gasteiger partial charge in [-0.2, -0.15) is 0 Å². The topological polar surface area (TPSA) is 55.6 Å². The van der Waals surface area contributed by atoms with Crippen LogP contribution in [-0.4, -0.2) is 30.5 Å². The van der Waals surface area contributed by atoms with E-state index in [4.69, 9.17) is 10.5 Å². The largest absolute Gasteiger partial charge is 0.399 e. The standard InChI is InChI=1S/C18H19FN2O2/c19-16-4-2-1-3-15(16)17-12-21(9-10-23-17)18(22)11-13-5-7-14(20)8-6-13/h1-8,17H,9-12,20H2. The molecule has 1 atom stereocenters. The van der Waals surface area contributed by atoms with E-state index in [0.717, 1.165) is 5.56 Å². The minimum atomic E-state index is -0.416. The van der Waals surface area contributed by atoms with Gasteiger partial charge in [-0.05, 0) is 23.8 Å². The van der Waals surface area contributed by atoms with Gasteiger partial charge in [0.2, 0.25) is 5.91 Å². The molecule has 0 bridgehead atoms. The Labute approximate surface area is 134 Å². The summed E-state index contributed by atoms with van der Waals surface area (Å²) >= 11 is 0. The fourth-order valence-electron chi connectivity index (χ4n) is 2.72. The monoisotopic (exact) mass is 314 g/mol. The van der Waals surface area contributed by atoms with Crippen LogP contribution in [0.4, 0.5) is 10.1 Å². The van der Waals surface area contributed by atoms with E-state index in [-0.39, 0.29) is 11.7 Å². The Hall–Kier alpha value is -2.40. The molecule has 1 saturated heterocycles. The third kappa shape index (κ3) is 3.68. The van der Waals surface area contributed by atoms with Crippen LogP contribution in [-0.2, 0) is 16.0 Å². The second-order valence-corrected chi connectivity index (χ2v) is 5.64. The molecule has 1 amide bonds. The van der Waals surface area contributed by atoms with Gasteiger partial charge in [0.15, 0.2) is 0 Å². The Morgan fingerprint density at radius 3 is 2.70 bits per heavy atom. The Morgan fingerprint density at radius 2 is 1.96 bits per heavy atom. The summed E-state index contributed by atoms with van der Waals surface area (Å²) in [4.78, 5) is 14.2. The third-order valence-electron chi connectivity index (χ3n) is 4.01. The van der Waals surface area contributed by atoms with Crippen molar-refractivity contribution in [2.24, 2.45) is 0 Å². The molecule has 1 unspecified atom stereocenters. The first-order chi connectivity index (χ1) is 11.1. The molecular weight excluding hydrogens is 295 g/mol. The Morgan fingerprint density at radius 1 is 1.22 bits per heavy atom. The van der Waals surface area contributed by atoms with Crippen LogP contribution in [0.5, 0.6) is 0 Å². The molecule has 1 fully saturated rings. The normalized spacial score (nSPS) is 18.0. The lowest BCUT2D eigenvalue weighted by Gasteiger charge is -2.33. The van der Waals surface area contributed by atoms with Crippen LogP contribution in [0.1, 0.15) is 17.2 Å². The van der Waals surface area contributed by atoms with E-state index in [1.807, 2.05) is 12.1 Å². The highest BCUT2D eigenvalue weighted by atomic mass is 19.1. The Bertz CT molecular complexity index is 688. The van der Waals surface area contributed by atoms with Gasteiger partial charge in [0, 0.05) is 17.8 Å². The number of rotatable bonds is 3. The minimum absolute atomic E-state index is 0.0133. The fraction of sp³-hybridized carbons (Fsp3) is 0.278.